The highest BCUT2D eigenvalue weighted by atomic mass is 32.2. The van der Waals surface area contributed by atoms with Gasteiger partial charge in [-0.3, -0.25) is 5.73 Å². The van der Waals surface area contributed by atoms with Crippen molar-refractivity contribution in [3.05, 3.63) is 0 Å². The number of unbranched alkanes of at least 4 members (excludes halogenated alkanes) is 10. The average Bonchev–Trinajstić information content (AvgIpc) is 2.73. The zero-order valence-corrected chi connectivity index (χ0v) is 24.1. The van der Waals surface area contributed by atoms with E-state index in [1.165, 1.54) is 64.2 Å². The van der Waals surface area contributed by atoms with Crippen LogP contribution in [0.15, 0.2) is 0 Å². The van der Waals surface area contributed by atoms with E-state index in [0.29, 0.717) is 11.8 Å². The number of nitrogens with two attached hydrogens (primary N) is 1. The van der Waals surface area contributed by atoms with E-state index in [0.717, 1.165) is 55.3 Å². The number of thiocarbonyl (C=S) groups is 1. The first-order valence-corrected chi connectivity index (χ1v) is 14.8. The van der Waals surface area contributed by atoms with Gasteiger partial charge in [0.2, 0.25) is 0 Å². The number of hydrogen-bond acceptors (Lipinski definition) is 3. The molecule has 0 aromatic carbocycles. The van der Waals surface area contributed by atoms with E-state index in [-0.39, 0.29) is 16.9 Å². The van der Waals surface area contributed by atoms with Crippen molar-refractivity contribution in [1.82, 2.24) is 5.32 Å². The molecule has 6 heteroatoms. The Morgan fingerprint density at radius 1 is 0.879 bits per heavy atom. The molecule has 0 heterocycles. The van der Waals surface area contributed by atoms with E-state index in [1.54, 1.807) is 0 Å². The van der Waals surface area contributed by atoms with Crippen LogP contribution in [-0.4, -0.2) is 29.4 Å². The topological polar surface area (TPSA) is 56.5 Å². The molecule has 1 saturated carbocycles. The predicted molar refractivity (Wildman–Crippen MR) is 152 cm³/mol. The van der Waals surface area contributed by atoms with E-state index in [9.17, 15) is 0 Å². The molecule has 0 bridgehead atoms. The molecule has 0 saturated heterocycles. The van der Waals surface area contributed by atoms with Crippen molar-refractivity contribution in [2.24, 2.45) is 16.6 Å². The summed E-state index contributed by atoms with van der Waals surface area (Å²) in [6, 6.07) is 0.281. The summed E-state index contributed by atoms with van der Waals surface area (Å²) < 4.78 is 11.8. The van der Waals surface area contributed by atoms with Gasteiger partial charge in [-0.25, -0.2) is 0 Å². The molecular weight excluding hydrogens is 448 g/mol. The largest absolute Gasteiger partial charge is 0.471 e. The highest BCUT2D eigenvalue weighted by Gasteiger charge is 2.43. The van der Waals surface area contributed by atoms with Gasteiger partial charge in [0.05, 0.1) is 13.2 Å². The average molecular weight is 503 g/mol. The summed E-state index contributed by atoms with van der Waals surface area (Å²) >= 11 is 6.35. The number of rotatable bonds is 17. The van der Waals surface area contributed by atoms with Crippen molar-refractivity contribution in [2.45, 2.75) is 137 Å². The highest BCUT2D eigenvalue weighted by Crippen LogP contribution is 2.46. The number of ether oxygens (including phenoxy) is 1. The summed E-state index contributed by atoms with van der Waals surface area (Å²) in [6.45, 7) is 13.0. The Kier molecular flexibility index (Phi) is 16.2. The fraction of sp³-hybridized carbons (Fsp3) is 0.926. The summed E-state index contributed by atoms with van der Waals surface area (Å²) in [6.07, 6.45) is 18.3. The summed E-state index contributed by atoms with van der Waals surface area (Å²) in [5.74, 6) is 0. The van der Waals surface area contributed by atoms with Gasteiger partial charge < -0.3 is 14.2 Å². The fourth-order valence-corrected chi connectivity index (χ4v) is 6.21. The Hall–Kier alpha value is -0.170. The molecular formula is C27H54N2O2S2. The summed E-state index contributed by atoms with van der Waals surface area (Å²) in [5.41, 5.74) is 6.75. The van der Waals surface area contributed by atoms with Crippen LogP contribution in [0.1, 0.15) is 131 Å². The van der Waals surface area contributed by atoms with Crippen LogP contribution < -0.4 is 11.1 Å². The second-order valence-corrected chi connectivity index (χ2v) is 12.4. The van der Waals surface area contributed by atoms with Gasteiger partial charge in [-0.2, -0.15) is 0 Å². The first-order valence-electron chi connectivity index (χ1n) is 13.6. The quantitative estimate of drug-likeness (QED) is 0.108. The van der Waals surface area contributed by atoms with E-state index >= 15 is 0 Å². The zero-order chi connectivity index (χ0) is 24.6. The zero-order valence-electron chi connectivity index (χ0n) is 22.3. The van der Waals surface area contributed by atoms with Crippen molar-refractivity contribution in [1.29, 1.82) is 0 Å². The van der Waals surface area contributed by atoms with Gasteiger partial charge in [-0.05, 0) is 49.7 Å². The van der Waals surface area contributed by atoms with E-state index in [1.807, 2.05) is 0 Å². The Morgan fingerprint density at radius 2 is 1.42 bits per heavy atom. The van der Waals surface area contributed by atoms with E-state index in [4.69, 9.17) is 26.9 Å². The molecule has 0 spiro atoms. The van der Waals surface area contributed by atoms with Gasteiger partial charge >= 0.3 is 0 Å². The molecule has 4 nitrogen and oxygen atoms in total. The monoisotopic (exact) mass is 502 g/mol. The summed E-state index contributed by atoms with van der Waals surface area (Å²) in [4.78, 5) is 0.951. The van der Waals surface area contributed by atoms with Crippen molar-refractivity contribution in [3.8, 4) is 0 Å². The smallest absolute Gasteiger partial charge is 0.256 e. The molecule has 33 heavy (non-hydrogen) atoms. The molecule has 2 atom stereocenters. The van der Waals surface area contributed by atoms with Crippen LogP contribution in [0.4, 0.5) is 0 Å². The third-order valence-corrected chi connectivity index (χ3v) is 8.07. The summed E-state index contributed by atoms with van der Waals surface area (Å²) in [5, 5.41) is 4.04. The fourth-order valence-electron chi connectivity index (χ4n) is 5.21. The van der Waals surface area contributed by atoms with Gasteiger partial charge in [0.15, 0.2) is 0 Å². The third-order valence-electron chi connectivity index (χ3n) is 6.79. The second-order valence-electron chi connectivity index (χ2n) is 11.1. The number of nitrogens with one attached hydrogen (secondary N) is 1. The summed E-state index contributed by atoms with van der Waals surface area (Å²) in [7, 11) is 0. The minimum absolute atomic E-state index is 0.0585. The third kappa shape index (κ3) is 14.1. The van der Waals surface area contributed by atoms with E-state index in [2.05, 4.69) is 39.9 Å². The van der Waals surface area contributed by atoms with Crippen molar-refractivity contribution in [2.75, 3.05) is 13.2 Å². The Morgan fingerprint density at radius 3 is 2.03 bits per heavy atom. The molecule has 1 rings (SSSR count). The molecule has 3 N–H and O–H groups in total. The maximum atomic E-state index is 6.61. The van der Waals surface area contributed by atoms with Gasteiger partial charge in [-0.1, -0.05) is 110 Å². The van der Waals surface area contributed by atoms with Crippen molar-refractivity contribution < 1.29 is 8.92 Å². The lowest BCUT2D eigenvalue weighted by Crippen LogP contribution is -2.51. The standard InChI is InChI=1S/C27H54N2O2S2/c1-6-8-10-12-14-16-18-30-25(32)29-23-20-26(3,4)22-27(5,21-23)24(28)33-31-19-17-15-13-11-9-7-2/h23,33H,6-22,28H2,1-5H3,(H,29,32). The van der Waals surface area contributed by atoms with Crippen LogP contribution >= 0.6 is 23.8 Å². The molecule has 0 radical (unpaired) electrons. The minimum atomic E-state index is -0.0585. The molecule has 1 fully saturated rings. The lowest BCUT2D eigenvalue weighted by atomic mass is 9.62. The number of thiol groups is 1. The molecule has 0 aromatic heterocycles. The molecule has 0 aromatic rings. The van der Waals surface area contributed by atoms with Crippen LogP contribution in [-0.2, 0) is 8.92 Å². The molecule has 1 aliphatic rings. The SMILES string of the molecule is CCCCCCCCO[SH]=C(N)C1(C)CC(NC(=S)OCCCCCCCC)CC(C)(C)C1. The first-order chi connectivity index (χ1) is 15.7. The highest BCUT2D eigenvalue weighted by molar-refractivity contribution is 7.94. The molecule has 196 valence electrons. The van der Waals surface area contributed by atoms with Gasteiger partial charge in [0.25, 0.3) is 5.17 Å². The first kappa shape index (κ1) is 30.9. The van der Waals surface area contributed by atoms with Crippen molar-refractivity contribution in [3.63, 3.8) is 0 Å². The van der Waals surface area contributed by atoms with Gasteiger partial charge in [-0.15, -0.1) is 0 Å². The molecule has 0 aliphatic heterocycles. The van der Waals surface area contributed by atoms with Crippen molar-refractivity contribution >= 4 is 34.0 Å². The van der Waals surface area contributed by atoms with Crippen LogP contribution in [0.25, 0.3) is 0 Å². The maximum absolute atomic E-state index is 6.61. The Bertz CT molecular complexity index is 568. The van der Waals surface area contributed by atoms with E-state index < -0.39 is 0 Å². The predicted octanol–water partition coefficient (Wildman–Crippen LogP) is 7.67. The van der Waals surface area contributed by atoms with Crippen LogP contribution in [0, 0.1) is 10.8 Å². The molecule has 0 amide bonds. The Balaban J connectivity index is 2.43. The molecule has 1 aliphatic carbocycles. The molecule has 2 unspecified atom stereocenters. The van der Waals surface area contributed by atoms with Crippen LogP contribution in [0.3, 0.4) is 0 Å². The maximum Gasteiger partial charge on any atom is 0.256 e. The lowest BCUT2D eigenvalue weighted by Gasteiger charge is -2.47. The Labute approximate surface area is 214 Å². The lowest BCUT2D eigenvalue weighted by molar-refractivity contribution is 0.123. The van der Waals surface area contributed by atoms with Crippen LogP contribution in [0.5, 0.6) is 0 Å². The van der Waals surface area contributed by atoms with Gasteiger partial charge in [0, 0.05) is 16.4 Å². The minimum Gasteiger partial charge on any atom is -0.471 e. The second kappa shape index (κ2) is 17.3. The van der Waals surface area contributed by atoms with Crippen LogP contribution in [0.2, 0.25) is 0 Å². The van der Waals surface area contributed by atoms with Gasteiger partial charge in [0.1, 0.15) is 0 Å². The number of hydrogen-bond donors (Lipinski definition) is 3. The normalized spacial score (nSPS) is 23.1.